The molecule has 1 aromatic heterocycles. The first kappa shape index (κ1) is 107. The molecule has 0 radical (unpaired) electrons. The summed E-state index contributed by atoms with van der Waals surface area (Å²) in [7, 11) is 2.58. The number of amides is 1. The fraction of sp³-hybridized carbons (Fsp3) is 0.438. The highest BCUT2D eigenvalue weighted by atomic mass is 35.5. The number of alkyl halides is 2. The van der Waals surface area contributed by atoms with Gasteiger partial charge in [0.15, 0.2) is 0 Å². The molecule has 4 fully saturated rings. The van der Waals surface area contributed by atoms with Crippen molar-refractivity contribution in [1.29, 1.82) is 0 Å². The fourth-order valence-corrected chi connectivity index (χ4v) is 12.8. The molecule has 4 aliphatic heterocycles. The summed E-state index contributed by atoms with van der Waals surface area (Å²) >= 11 is 9.53. The smallest absolute Gasteiger partial charge is 0.507 e. The van der Waals surface area contributed by atoms with Gasteiger partial charge < -0.3 is 93.6 Å². The van der Waals surface area contributed by atoms with E-state index in [0.717, 1.165) is 202 Å². The summed E-state index contributed by atoms with van der Waals surface area (Å²) in [6.45, 7) is 34.1. The third kappa shape index (κ3) is 37.4. The number of nitrogens with two attached hydrogens (primary N) is 2. The second-order valence-corrected chi connectivity index (χ2v) is 30.1. The quantitative estimate of drug-likeness (QED) is 0.00732. The topological polar surface area (TPSA) is 423 Å². The van der Waals surface area contributed by atoms with E-state index in [0.29, 0.717) is 94.2 Å². The number of carbonyl (C=O) groups excluding carboxylic acids is 6. The number of primary amides is 1. The molecule has 7 aromatic carbocycles. The summed E-state index contributed by atoms with van der Waals surface area (Å²) in [4.78, 5) is 88.3. The molecule has 0 unspecified atom stereocenters. The zero-order valence-electron chi connectivity index (χ0n) is 72.6. The zero-order valence-corrected chi connectivity index (χ0v) is 74.9. The number of hydrogen-bond donors (Lipinski definition) is 6. The van der Waals surface area contributed by atoms with E-state index in [4.69, 9.17) is 91.9 Å². The van der Waals surface area contributed by atoms with Gasteiger partial charge in [-0.1, -0.05) is 7.43 Å². The van der Waals surface area contributed by atoms with Crippen molar-refractivity contribution in [2.24, 2.45) is 5.73 Å². The van der Waals surface area contributed by atoms with Crippen LogP contribution in [0.4, 0.5) is 10.5 Å². The Morgan fingerprint density at radius 3 is 1.21 bits per heavy atom. The van der Waals surface area contributed by atoms with Gasteiger partial charge in [-0.15, -0.1) is 23.2 Å². The van der Waals surface area contributed by atoms with Gasteiger partial charge in [0.1, 0.15) is 140 Å². The van der Waals surface area contributed by atoms with Crippen molar-refractivity contribution in [1.82, 2.24) is 25.1 Å². The van der Waals surface area contributed by atoms with Crippen LogP contribution >= 0.6 is 23.2 Å². The summed E-state index contributed by atoms with van der Waals surface area (Å²) in [6.07, 6.45) is 3.68. The van der Waals surface area contributed by atoms with E-state index in [2.05, 4.69) is 38.7 Å². The number of phenolic OH excluding ortho intramolecular Hbond substituents is 1. The van der Waals surface area contributed by atoms with Crippen LogP contribution in [0.15, 0.2) is 89.7 Å². The molecule has 4 aliphatic rings. The number of phenols is 1. The summed E-state index contributed by atoms with van der Waals surface area (Å²) in [5, 5.41) is 21.7. The molecule has 0 bridgehead atoms. The van der Waals surface area contributed by atoms with Gasteiger partial charge in [0.05, 0.1) is 97.5 Å². The van der Waals surface area contributed by atoms with Crippen molar-refractivity contribution in [2.45, 2.75) is 76.7 Å². The Balaban J connectivity index is 0.000000381. The summed E-state index contributed by atoms with van der Waals surface area (Å²) in [6, 6.07) is 24.5. The summed E-state index contributed by atoms with van der Waals surface area (Å²) in [5.41, 5.74) is 23.8. The second kappa shape index (κ2) is 57.7. The van der Waals surface area contributed by atoms with Gasteiger partial charge >= 0.3 is 6.16 Å². The van der Waals surface area contributed by atoms with Gasteiger partial charge in [-0.2, -0.15) is 8.42 Å². The second-order valence-electron chi connectivity index (χ2n) is 27.6. The lowest BCUT2D eigenvalue weighted by atomic mass is 10.0. The van der Waals surface area contributed by atoms with Gasteiger partial charge in [-0.05, 0) is 186 Å². The van der Waals surface area contributed by atoms with Crippen LogP contribution < -0.4 is 60.2 Å². The molecule has 4 saturated heterocycles. The Labute approximate surface area is 736 Å². The Kier molecular flexibility index (Phi) is 50.0. The standard InChI is InChI=1S/C24H29N3O5.C15H21NO3.C12H16O5S.C11H14O3.C9H12N2O3.C9H10O2.C4H9NO.C3H4O3.CH2Cl2.CH4/c1-15-11-17(12-16(2)22(15)32-10-7-27-5-8-31-9-6-27)23-25-19-13-18(29-3)14-20(30-4)21(19)24(28)26-23;1-12-9-14(11-17)10-13(2)15(12)19-8-5-16-3-6-18-7-4-16;1-9-6-11(8-13)7-10(2)12(9)16-4-5-17-18(3,14)15;1-8-5-10(7-13)6-9(2)11(8)14-4-3-12;1-13-5-3-6(10)8(9(11)12)7(4-5)14-2;1-6-3-8(5-10)4-7(2)9(6)11;1-3-6-4-2-5-1;4-3-5-1-2-6-3;2-1-3;/h11-14H,5-10H2,1-4H3,(H,25,26,28);9-11H,3-8H2,1-2H3;6-8H,4-5H2,1-3H3;5-7,12H,3-4H2,1-2H3;3-4H,10H2,1-2H3,(H2,11,12);3-5,11H,1-2H3;5H,1-4H2;1-2H2;1H2;1H4. The van der Waals surface area contributed by atoms with Gasteiger partial charge in [0.2, 0.25) is 0 Å². The predicted octanol–water partition coefficient (Wildman–Crippen LogP) is 11.7. The number of halogens is 2. The van der Waals surface area contributed by atoms with E-state index in [9.17, 15) is 47.1 Å². The molecule has 0 aliphatic carbocycles. The number of nitrogens with one attached hydrogen (secondary N) is 2. The lowest BCUT2D eigenvalue weighted by Gasteiger charge is -2.26. The number of fused-ring (bicyclic) bond motifs is 1. The molecular formula is C89H121Cl2N7O25S. The summed E-state index contributed by atoms with van der Waals surface area (Å²) < 4.78 is 93.8. The number of aldehydes is 4. The number of cyclic esters (lactones) is 2. The lowest BCUT2D eigenvalue weighted by Crippen LogP contribution is -2.38. The molecule has 0 atom stereocenters. The highest BCUT2D eigenvalue weighted by Gasteiger charge is 2.20. The molecule has 12 rings (SSSR count). The van der Waals surface area contributed by atoms with Crippen LogP contribution in [0.2, 0.25) is 0 Å². The average molecular weight is 1790 g/mol. The van der Waals surface area contributed by atoms with Gasteiger partial charge in [0.25, 0.3) is 21.6 Å². The maximum atomic E-state index is 12.8. The molecule has 1 amide bonds. The van der Waals surface area contributed by atoms with Crippen molar-refractivity contribution < 1.29 is 113 Å². The number of benzene rings is 7. The van der Waals surface area contributed by atoms with Crippen molar-refractivity contribution >= 4 is 87.1 Å². The monoisotopic (exact) mass is 1790 g/mol. The lowest BCUT2D eigenvalue weighted by molar-refractivity contribution is 0.0321. The van der Waals surface area contributed by atoms with E-state index in [1.165, 1.54) is 27.4 Å². The van der Waals surface area contributed by atoms with Gasteiger partial charge in [-0.3, -0.25) is 42.8 Å². The summed E-state index contributed by atoms with van der Waals surface area (Å²) in [5.74, 6) is 5.15. The largest absolute Gasteiger partial charge is 0.508 e. The fourth-order valence-electron chi connectivity index (χ4n) is 12.5. The molecule has 8 N–H and O–H groups in total. The number of aromatic nitrogens is 2. The van der Waals surface area contributed by atoms with Crippen LogP contribution in [-0.4, -0.2) is 260 Å². The Morgan fingerprint density at radius 2 is 0.879 bits per heavy atom. The molecule has 0 spiro atoms. The highest BCUT2D eigenvalue weighted by molar-refractivity contribution is 7.86. The molecule has 5 heterocycles. The molecule has 32 nitrogen and oxygen atoms in total. The first-order valence-electron chi connectivity index (χ1n) is 39.1. The van der Waals surface area contributed by atoms with E-state index in [1.807, 2.05) is 79.7 Å². The number of nitrogens with zero attached hydrogens (tertiary/aromatic N) is 3. The van der Waals surface area contributed by atoms with Crippen LogP contribution in [-0.2, 0) is 38.0 Å². The van der Waals surface area contributed by atoms with Crippen molar-refractivity contribution in [2.75, 3.05) is 191 Å². The minimum atomic E-state index is -3.44. The predicted molar refractivity (Wildman–Crippen MR) is 478 cm³/mol. The Morgan fingerprint density at radius 1 is 0.516 bits per heavy atom. The number of aromatic hydroxyl groups is 1. The van der Waals surface area contributed by atoms with Crippen molar-refractivity contribution in [3.05, 3.63) is 179 Å². The number of aliphatic hydroxyl groups is 1. The average Bonchev–Trinajstić information content (AvgIpc) is 0.790. The number of anilines is 1. The van der Waals surface area contributed by atoms with E-state index < -0.39 is 22.2 Å². The van der Waals surface area contributed by atoms with Gasteiger partial charge in [0, 0.05) is 104 Å². The number of hydrogen-bond acceptors (Lipinski definition) is 30. The van der Waals surface area contributed by atoms with E-state index in [1.54, 1.807) is 75.6 Å². The third-order valence-electron chi connectivity index (χ3n) is 18.1. The number of morpholine rings is 3. The Bertz CT molecular complexity index is 4750. The van der Waals surface area contributed by atoms with Crippen LogP contribution in [0.5, 0.6) is 51.7 Å². The van der Waals surface area contributed by atoms with E-state index in [-0.39, 0.29) is 61.8 Å². The number of nitrogen functional groups attached to an aromatic ring is 1. The first-order chi connectivity index (χ1) is 58.8. The normalized spacial score (nSPS) is 13.2. The van der Waals surface area contributed by atoms with Gasteiger partial charge in [-0.25, -0.2) is 9.78 Å². The van der Waals surface area contributed by atoms with Crippen LogP contribution in [0, 0.1) is 69.2 Å². The van der Waals surface area contributed by atoms with Crippen LogP contribution in [0.1, 0.15) is 115 Å². The molecular weight excluding hydrogens is 1670 g/mol. The number of aromatic amines is 1. The maximum Gasteiger partial charge on any atom is 0.508 e. The van der Waals surface area contributed by atoms with Crippen molar-refractivity contribution in [3.63, 3.8) is 0 Å². The van der Waals surface area contributed by atoms with Crippen LogP contribution in [0.25, 0.3) is 22.3 Å². The number of aliphatic hydroxyl groups excluding tert-OH is 1. The highest BCUT2D eigenvalue weighted by Crippen LogP contribution is 2.34. The number of aryl methyl sites for hydroxylation is 10. The minimum absolute atomic E-state index is 0. The molecule has 0 saturated carbocycles. The molecule has 35 heteroatoms. The molecule has 124 heavy (non-hydrogen) atoms. The minimum Gasteiger partial charge on any atom is -0.507 e. The number of H-pyrrole nitrogens is 1. The first-order valence-corrected chi connectivity index (χ1v) is 42.0. The zero-order chi connectivity index (χ0) is 91.1. The number of methoxy groups -OCH3 is 4. The van der Waals surface area contributed by atoms with Crippen molar-refractivity contribution in [3.8, 4) is 63.1 Å². The van der Waals surface area contributed by atoms with Crippen LogP contribution in [0.3, 0.4) is 0 Å². The van der Waals surface area contributed by atoms with E-state index >= 15 is 0 Å². The number of rotatable bonds is 26. The molecule has 8 aromatic rings. The number of carbonyl (C=O) groups is 6. The third-order valence-corrected chi connectivity index (χ3v) is 18.7. The Hall–Kier alpha value is -10.7. The number of ether oxygens (including phenoxy) is 13. The maximum absolute atomic E-state index is 12.8. The SMILES string of the molecule is C.C1COCCN1.COc1cc(N)c(C(N)=O)c(OC)c1.COc1cc(OC)c2c(=O)[nH]c(-c3cc(C)c(OCCN4CCOCC4)c(C)c3)nc2c1.Cc1cc(C=O)cc(C)c1O.Cc1cc(C=O)cc(C)c1OCCN1CCOCC1.Cc1cc(C=O)cc(C)c1OCCO.Cc1cc(C=O)cc(C)c1OCCOS(C)(=O)=O.ClCCl.O=C1OCCO1. The molecule has 682 valence electrons.